The number of rotatable bonds is 5. The van der Waals surface area contributed by atoms with Gasteiger partial charge in [0.1, 0.15) is 5.82 Å². The van der Waals surface area contributed by atoms with E-state index in [0.29, 0.717) is 23.4 Å². The molecule has 2 amide bonds. The van der Waals surface area contributed by atoms with Gasteiger partial charge in [0.15, 0.2) is 5.76 Å². The third-order valence-electron chi connectivity index (χ3n) is 4.02. The van der Waals surface area contributed by atoms with Crippen LogP contribution in [0.1, 0.15) is 21.5 Å². The number of halogens is 1. The van der Waals surface area contributed by atoms with Crippen molar-refractivity contribution in [3.8, 4) is 0 Å². The van der Waals surface area contributed by atoms with Crippen molar-refractivity contribution >= 4 is 29.3 Å². The van der Waals surface area contributed by atoms with Crippen LogP contribution in [0.2, 0.25) is 0 Å². The highest BCUT2D eigenvalue weighted by molar-refractivity contribution is 8.02. The molecule has 0 saturated heterocycles. The van der Waals surface area contributed by atoms with E-state index in [2.05, 4.69) is 10.6 Å². The highest BCUT2D eigenvalue weighted by atomic mass is 32.2. The molecule has 27 heavy (non-hydrogen) atoms. The van der Waals surface area contributed by atoms with Crippen molar-refractivity contribution in [1.82, 2.24) is 5.32 Å². The minimum absolute atomic E-state index is 0.0824. The first-order valence-corrected chi connectivity index (χ1v) is 9.47. The summed E-state index contributed by atoms with van der Waals surface area (Å²) in [5.74, 6) is 0.00741. The molecule has 1 heterocycles. The second kappa shape index (κ2) is 8.73. The molecular weight excluding hydrogens is 367 g/mol. The minimum atomic E-state index is -0.367. The van der Waals surface area contributed by atoms with Gasteiger partial charge in [-0.15, -0.1) is 11.8 Å². The Morgan fingerprint density at radius 2 is 2.00 bits per heavy atom. The van der Waals surface area contributed by atoms with Gasteiger partial charge in [-0.1, -0.05) is 24.3 Å². The van der Waals surface area contributed by atoms with Crippen molar-refractivity contribution in [3.63, 3.8) is 0 Å². The van der Waals surface area contributed by atoms with Crippen LogP contribution in [0.15, 0.2) is 53.6 Å². The van der Waals surface area contributed by atoms with Gasteiger partial charge in [0.05, 0.1) is 6.61 Å². The molecule has 0 fully saturated rings. The van der Waals surface area contributed by atoms with E-state index in [1.54, 1.807) is 41.8 Å². The maximum Gasteiger partial charge on any atom is 0.291 e. The lowest BCUT2D eigenvalue weighted by Gasteiger charge is -2.15. The van der Waals surface area contributed by atoms with Gasteiger partial charge in [0.25, 0.3) is 11.8 Å². The summed E-state index contributed by atoms with van der Waals surface area (Å²) in [6, 6.07) is 11.3. The van der Waals surface area contributed by atoms with Gasteiger partial charge in [-0.2, -0.15) is 0 Å². The lowest BCUT2D eigenvalue weighted by Crippen LogP contribution is -2.24. The zero-order valence-electron chi connectivity index (χ0n) is 14.8. The fourth-order valence-corrected chi connectivity index (χ4v) is 3.11. The molecule has 0 atom stereocenters. The normalized spacial score (nSPS) is 13.3. The monoisotopic (exact) mass is 386 g/mol. The summed E-state index contributed by atoms with van der Waals surface area (Å²) in [6.07, 6.45) is 0. The van der Waals surface area contributed by atoms with Crippen LogP contribution in [0.5, 0.6) is 0 Å². The van der Waals surface area contributed by atoms with Crippen molar-refractivity contribution in [3.05, 3.63) is 76.1 Å². The first-order chi connectivity index (χ1) is 13.0. The zero-order chi connectivity index (χ0) is 19.2. The van der Waals surface area contributed by atoms with Gasteiger partial charge >= 0.3 is 0 Å². The van der Waals surface area contributed by atoms with Crippen molar-refractivity contribution in [2.45, 2.75) is 13.5 Å². The largest absolute Gasteiger partial charge is 0.487 e. The Labute approximate surface area is 161 Å². The quantitative estimate of drug-likeness (QED) is 0.824. The van der Waals surface area contributed by atoms with Crippen molar-refractivity contribution in [2.24, 2.45) is 0 Å². The molecule has 0 bridgehead atoms. The van der Waals surface area contributed by atoms with Gasteiger partial charge in [-0.3, -0.25) is 9.59 Å². The number of carbonyl (C=O) groups excluding carboxylic acids is 2. The summed E-state index contributed by atoms with van der Waals surface area (Å²) in [5, 5.41) is 7.14. The van der Waals surface area contributed by atoms with Gasteiger partial charge in [0, 0.05) is 34.5 Å². The summed E-state index contributed by atoms with van der Waals surface area (Å²) >= 11 is 1.52. The Kier molecular flexibility index (Phi) is 6.13. The van der Waals surface area contributed by atoms with E-state index < -0.39 is 0 Å². The van der Waals surface area contributed by atoms with Gasteiger partial charge in [-0.05, 0) is 30.7 Å². The van der Waals surface area contributed by atoms with Crippen LogP contribution in [0.25, 0.3) is 0 Å². The second-order valence-corrected chi connectivity index (χ2v) is 6.94. The summed E-state index contributed by atoms with van der Waals surface area (Å²) in [5.41, 5.74) is 2.13. The fourth-order valence-electron chi connectivity index (χ4n) is 2.49. The van der Waals surface area contributed by atoms with E-state index in [4.69, 9.17) is 4.74 Å². The zero-order valence-corrected chi connectivity index (χ0v) is 15.6. The number of hydrogen-bond acceptors (Lipinski definition) is 4. The Balaban J connectivity index is 1.68. The van der Waals surface area contributed by atoms with Crippen LogP contribution in [0, 0.1) is 12.7 Å². The molecule has 2 aromatic rings. The summed E-state index contributed by atoms with van der Waals surface area (Å²) in [6.45, 7) is 2.40. The topological polar surface area (TPSA) is 67.4 Å². The number of amides is 2. The molecule has 0 saturated carbocycles. The van der Waals surface area contributed by atoms with E-state index in [0.717, 1.165) is 11.3 Å². The SMILES string of the molecule is Cc1ccc(C(=O)NCc2ccccc2F)cc1NC(=O)C1=CSCCO1. The maximum atomic E-state index is 13.7. The Morgan fingerprint density at radius 3 is 2.74 bits per heavy atom. The summed E-state index contributed by atoms with van der Waals surface area (Å²) in [7, 11) is 0. The molecule has 0 aromatic heterocycles. The summed E-state index contributed by atoms with van der Waals surface area (Å²) in [4.78, 5) is 24.7. The third-order valence-corrected chi connectivity index (χ3v) is 4.80. The lowest BCUT2D eigenvalue weighted by atomic mass is 10.1. The highest BCUT2D eigenvalue weighted by Crippen LogP contribution is 2.21. The molecule has 5 nitrogen and oxygen atoms in total. The number of ether oxygens (including phenoxy) is 1. The first-order valence-electron chi connectivity index (χ1n) is 8.43. The van der Waals surface area contributed by atoms with Crippen LogP contribution >= 0.6 is 11.8 Å². The molecule has 0 radical (unpaired) electrons. The van der Waals surface area contributed by atoms with E-state index in [9.17, 15) is 14.0 Å². The molecule has 7 heteroatoms. The molecule has 0 unspecified atom stereocenters. The average molecular weight is 386 g/mol. The summed E-state index contributed by atoms with van der Waals surface area (Å²) < 4.78 is 19.0. The number of aryl methyl sites for hydroxylation is 1. The van der Waals surface area contributed by atoms with Crippen LogP contribution < -0.4 is 10.6 Å². The van der Waals surface area contributed by atoms with Gasteiger partial charge in [-0.25, -0.2) is 4.39 Å². The lowest BCUT2D eigenvalue weighted by molar-refractivity contribution is -0.116. The molecule has 2 aromatic carbocycles. The van der Waals surface area contributed by atoms with Crippen LogP contribution in [-0.2, 0) is 16.1 Å². The molecule has 0 spiro atoms. The Hall–Kier alpha value is -2.80. The second-order valence-electron chi connectivity index (χ2n) is 5.96. The smallest absolute Gasteiger partial charge is 0.291 e. The average Bonchev–Trinajstić information content (AvgIpc) is 2.69. The van der Waals surface area contributed by atoms with Crippen LogP contribution in [0.4, 0.5) is 10.1 Å². The van der Waals surface area contributed by atoms with Crippen molar-refractivity contribution < 1.29 is 18.7 Å². The van der Waals surface area contributed by atoms with E-state index in [-0.39, 0.29) is 29.9 Å². The number of anilines is 1. The van der Waals surface area contributed by atoms with Crippen molar-refractivity contribution in [2.75, 3.05) is 17.7 Å². The number of benzene rings is 2. The predicted octanol–water partition coefficient (Wildman–Crippen LogP) is 3.61. The first kappa shape index (κ1) is 19.0. The number of hydrogen-bond donors (Lipinski definition) is 2. The number of carbonyl (C=O) groups is 2. The standard InChI is InChI=1S/C20H19FN2O3S/c1-13-6-7-14(19(24)22-11-15-4-2-3-5-16(15)21)10-17(13)23-20(25)18-12-27-9-8-26-18/h2-7,10,12H,8-9,11H2,1H3,(H,22,24)(H,23,25). The van der Waals surface area contributed by atoms with E-state index >= 15 is 0 Å². The molecular formula is C20H19FN2O3S. The molecule has 140 valence electrons. The van der Waals surface area contributed by atoms with Crippen LogP contribution in [-0.4, -0.2) is 24.2 Å². The number of thioether (sulfide) groups is 1. The fraction of sp³-hybridized carbons (Fsp3) is 0.200. The van der Waals surface area contributed by atoms with Gasteiger partial charge < -0.3 is 15.4 Å². The molecule has 1 aliphatic rings. The number of nitrogens with one attached hydrogen (secondary N) is 2. The Morgan fingerprint density at radius 1 is 1.19 bits per heavy atom. The molecule has 1 aliphatic heterocycles. The maximum absolute atomic E-state index is 13.7. The van der Waals surface area contributed by atoms with Gasteiger partial charge in [0.2, 0.25) is 0 Å². The predicted molar refractivity (Wildman–Crippen MR) is 104 cm³/mol. The molecule has 2 N–H and O–H groups in total. The van der Waals surface area contributed by atoms with E-state index in [1.807, 2.05) is 6.92 Å². The van der Waals surface area contributed by atoms with Crippen molar-refractivity contribution in [1.29, 1.82) is 0 Å². The highest BCUT2D eigenvalue weighted by Gasteiger charge is 2.16. The Bertz CT molecular complexity index is 899. The molecule has 3 rings (SSSR count). The van der Waals surface area contributed by atoms with E-state index in [1.165, 1.54) is 17.8 Å². The molecule has 0 aliphatic carbocycles. The third kappa shape index (κ3) is 4.89. The minimum Gasteiger partial charge on any atom is -0.487 e. The van der Waals surface area contributed by atoms with Crippen LogP contribution in [0.3, 0.4) is 0 Å².